The van der Waals surface area contributed by atoms with Crippen LogP contribution in [0.15, 0.2) is 22.7 Å². The molecule has 1 rings (SSSR count). The zero-order valence-corrected chi connectivity index (χ0v) is 11.9. The van der Waals surface area contributed by atoms with E-state index in [1.165, 1.54) is 18.2 Å². The Bertz CT molecular complexity index is 547. The number of amides is 2. The maximum atomic E-state index is 11.9. The number of hydrogen-bond donors (Lipinski definition) is 4. The summed E-state index contributed by atoms with van der Waals surface area (Å²) in [6, 6.07) is 2.94. The molecule has 0 saturated carbocycles. The molecule has 0 aliphatic heterocycles. The quantitative estimate of drug-likeness (QED) is 0.600. The van der Waals surface area contributed by atoms with Crippen LogP contribution in [0.25, 0.3) is 0 Å². The molecule has 20 heavy (non-hydrogen) atoms. The summed E-state index contributed by atoms with van der Waals surface area (Å²) in [6.45, 7) is 0. The van der Waals surface area contributed by atoms with Crippen LogP contribution in [-0.4, -0.2) is 34.0 Å². The maximum Gasteiger partial charge on any atom is 0.326 e. The van der Waals surface area contributed by atoms with Gasteiger partial charge < -0.3 is 21.3 Å². The number of aromatic hydroxyl groups is 1. The van der Waals surface area contributed by atoms with Gasteiger partial charge >= 0.3 is 5.97 Å². The van der Waals surface area contributed by atoms with Gasteiger partial charge in [-0.1, -0.05) is 15.9 Å². The van der Waals surface area contributed by atoms with E-state index in [2.05, 4.69) is 21.2 Å². The molecule has 8 heteroatoms. The highest BCUT2D eigenvalue weighted by atomic mass is 79.9. The summed E-state index contributed by atoms with van der Waals surface area (Å²) in [7, 11) is 0. The van der Waals surface area contributed by atoms with Gasteiger partial charge in [0.25, 0.3) is 5.91 Å². The number of nitrogens with two attached hydrogens (primary N) is 1. The van der Waals surface area contributed by atoms with Gasteiger partial charge in [0.15, 0.2) is 0 Å². The van der Waals surface area contributed by atoms with Crippen molar-refractivity contribution in [1.29, 1.82) is 0 Å². The molecule has 0 fully saturated rings. The third-order valence-corrected chi connectivity index (χ3v) is 2.98. The van der Waals surface area contributed by atoms with Gasteiger partial charge in [-0.25, -0.2) is 4.79 Å². The first kappa shape index (κ1) is 16.0. The number of carboxylic acid groups (broad SMARTS) is 1. The lowest BCUT2D eigenvalue weighted by atomic mass is 10.1. The zero-order chi connectivity index (χ0) is 15.3. The number of carboxylic acids is 1. The Labute approximate surface area is 122 Å². The summed E-state index contributed by atoms with van der Waals surface area (Å²) >= 11 is 3.14. The van der Waals surface area contributed by atoms with Gasteiger partial charge in [0.2, 0.25) is 5.91 Å². The average molecular weight is 345 g/mol. The lowest BCUT2D eigenvalue weighted by Gasteiger charge is -2.14. The lowest BCUT2D eigenvalue weighted by Crippen LogP contribution is -2.41. The number of hydrogen-bond acceptors (Lipinski definition) is 4. The Morgan fingerprint density at radius 2 is 2.00 bits per heavy atom. The van der Waals surface area contributed by atoms with Crippen molar-refractivity contribution in [3.63, 3.8) is 0 Å². The molecule has 1 aromatic rings. The Hall–Kier alpha value is -2.09. The average Bonchev–Trinajstić information content (AvgIpc) is 2.36. The van der Waals surface area contributed by atoms with E-state index in [9.17, 15) is 19.5 Å². The van der Waals surface area contributed by atoms with Gasteiger partial charge in [0, 0.05) is 10.9 Å². The molecule has 0 spiro atoms. The van der Waals surface area contributed by atoms with Crippen LogP contribution >= 0.6 is 15.9 Å². The number of primary amides is 1. The van der Waals surface area contributed by atoms with E-state index in [-0.39, 0.29) is 24.2 Å². The molecule has 1 aromatic carbocycles. The minimum Gasteiger partial charge on any atom is -0.507 e. The smallest absolute Gasteiger partial charge is 0.326 e. The number of carbonyl (C=O) groups excluding carboxylic acids is 2. The molecule has 0 aliphatic rings. The number of carbonyl (C=O) groups is 3. The fourth-order valence-corrected chi connectivity index (χ4v) is 1.83. The maximum absolute atomic E-state index is 11.9. The van der Waals surface area contributed by atoms with Crippen LogP contribution in [0, 0.1) is 0 Å². The summed E-state index contributed by atoms with van der Waals surface area (Å²) < 4.78 is 0.560. The molecule has 0 bridgehead atoms. The molecule has 1 atom stereocenters. The van der Waals surface area contributed by atoms with E-state index < -0.39 is 23.8 Å². The second-order valence-corrected chi connectivity index (χ2v) is 4.95. The van der Waals surface area contributed by atoms with Crippen LogP contribution in [0.4, 0.5) is 0 Å². The number of halogens is 1. The highest BCUT2D eigenvalue weighted by Crippen LogP contribution is 2.21. The van der Waals surface area contributed by atoms with Crippen molar-refractivity contribution < 1.29 is 24.6 Å². The molecule has 0 heterocycles. The summed E-state index contributed by atoms with van der Waals surface area (Å²) in [5.74, 6) is -2.96. The normalized spacial score (nSPS) is 11.7. The molecule has 0 saturated heterocycles. The fraction of sp³-hybridized carbons (Fsp3) is 0.250. The monoisotopic (exact) mass is 344 g/mol. The Morgan fingerprint density at radius 1 is 1.35 bits per heavy atom. The topological polar surface area (TPSA) is 130 Å². The minimum absolute atomic E-state index is 0.0651. The first-order valence-corrected chi connectivity index (χ1v) is 6.41. The summed E-state index contributed by atoms with van der Waals surface area (Å²) in [4.78, 5) is 33.5. The van der Waals surface area contributed by atoms with Crippen molar-refractivity contribution in [3.8, 4) is 5.75 Å². The Morgan fingerprint density at radius 3 is 2.55 bits per heavy atom. The highest BCUT2D eigenvalue weighted by molar-refractivity contribution is 9.10. The van der Waals surface area contributed by atoms with E-state index in [4.69, 9.17) is 10.8 Å². The molecule has 7 nitrogen and oxygen atoms in total. The number of phenols is 1. The fourth-order valence-electron chi connectivity index (χ4n) is 1.47. The van der Waals surface area contributed by atoms with Crippen molar-refractivity contribution in [2.45, 2.75) is 18.9 Å². The van der Waals surface area contributed by atoms with E-state index >= 15 is 0 Å². The van der Waals surface area contributed by atoms with Gasteiger partial charge in [-0.15, -0.1) is 0 Å². The molecule has 0 aromatic heterocycles. The van der Waals surface area contributed by atoms with Crippen LogP contribution < -0.4 is 11.1 Å². The molecular formula is C12H13BrN2O5. The van der Waals surface area contributed by atoms with Crippen LogP contribution in [-0.2, 0) is 9.59 Å². The second-order valence-electron chi connectivity index (χ2n) is 4.03. The largest absolute Gasteiger partial charge is 0.507 e. The van der Waals surface area contributed by atoms with Crippen LogP contribution in [0.2, 0.25) is 0 Å². The number of aliphatic carboxylic acids is 1. The lowest BCUT2D eigenvalue weighted by molar-refractivity contribution is -0.139. The Kier molecular flexibility index (Phi) is 5.51. The number of rotatable bonds is 6. The molecule has 108 valence electrons. The van der Waals surface area contributed by atoms with Gasteiger partial charge in [-0.3, -0.25) is 9.59 Å². The number of nitrogens with one attached hydrogen (secondary N) is 1. The first-order valence-electron chi connectivity index (χ1n) is 5.61. The van der Waals surface area contributed by atoms with Crippen molar-refractivity contribution in [3.05, 3.63) is 28.2 Å². The molecule has 0 unspecified atom stereocenters. The highest BCUT2D eigenvalue weighted by Gasteiger charge is 2.22. The van der Waals surface area contributed by atoms with Crippen LogP contribution in [0.1, 0.15) is 23.2 Å². The molecule has 0 radical (unpaired) electrons. The van der Waals surface area contributed by atoms with E-state index in [1.54, 1.807) is 0 Å². The Balaban J connectivity index is 2.82. The van der Waals surface area contributed by atoms with Crippen molar-refractivity contribution in [2.75, 3.05) is 0 Å². The van der Waals surface area contributed by atoms with Gasteiger partial charge in [-0.2, -0.15) is 0 Å². The van der Waals surface area contributed by atoms with E-state index in [0.717, 1.165) is 0 Å². The molecule has 0 aliphatic carbocycles. The summed E-state index contributed by atoms with van der Waals surface area (Å²) in [5.41, 5.74) is 4.87. The van der Waals surface area contributed by atoms with Crippen molar-refractivity contribution in [2.24, 2.45) is 5.73 Å². The van der Waals surface area contributed by atoms with E-state index in [1.807, 2.05) is 0 Å². The minimum atomic E-state index is -1.28. The van der Waals surface area contributed by atoms with Gasteiger partial charge in [-0.05, 0) is 24.6 Å². The van der Waals surface area contributed by atoms with Gasteiger partial charge in [0.1, 0.15) is 11.8 Å². The molecule has 5 N–H and O–H groups in total. The number of benzene rings is 1. The summed E-state index contributed by atoms with van der Waals surface area (Å²) in [5, 5.41) is 20.8. The van der Waals surface area contributed by atoms with E-state index in [0.29, 0.717) is 4.47 Å². The van der Waals surface area contributed by atoms with Crippen LogP contribution in [0.3, 0.4) is 0 Å². The van der Waals surface area contributed by atoms with Crippen molar-refractivity contribution >= 4 is 33.7 Å². The first-order chi connectivity index (χ1) is 9.31. The SMILES string of the molecule is NC(=O)CC[C@H](NC(=O)c1cc(Br)ccc1O)C(=O)O. The zero-order valence-electron chi connectivity index (χ0n) is 10.3. The van der Waals surface area contributed by atoms with Crippen LogP contribution in [0.5, 0.6) is 5.75 Å². The third kappa shape index (κ3) is 4.54. The summed E-state index contributed by atoms with van der Waals surface area (Å²) in [6.07, 6.45) is -0.285. The predicted octanol–water partition coefficient (Wildman–Crippen LogP) is 0.603. The van der Waals surface area contributed by atoms with Gasteiger partial charge in [0.05, 0.1) is 5.56 Å². The predicted molar refractivity (Wildman–Crippen MR) is 73.1 cm³/mol. The molecule has 2 amide bonds. The number of phenolic OH excluding ortho intramolecular Hbond substituents is 1. The second kappa shape index (κ2) is 6.90. The third-order valence-electron chi connectivity index (χ3n) is 2.49. The standard InChI is InChI=1S/C12H13BrN2O5/c13-6-1-3-9(16)7(5-6)11(18)15-8(12(19)20)2-4-10(14)17/h1,3,5,8,16H,2,4H2,(H2,14,17)(H,15,18)(H,19,20)/t8-/m0/s1. The molecular weight excluding hydrogens is 332 g/mol. The van der Waals surface area contributed by atoms with Crippen molar-refractivity contribution in [1.82, 2.24) is 5.32 Å².